The molecule has 2 aliphatic rings. The van der Waals surface area contributed by atoms with Crippen molar-refractivity contribution in [2.45, 2.75) is 24.9 Å². The number of nitrogens with one attached hydrogen (secondary N) is 1. The molecule has 2 fully saturated rings. The molecule has 4 rings (SSSR count). The zero-order valence-corrected chi connectivity index (χ0v) is 12.9. The Balaban J connectivity index is 1.63. The lowest BCUT2D eigenvalue weighted by atomic mass is 10.1. The molecule has 7 nitrogen and oxygen atoms in total. The highest BCUT2D eigenvalue weighted by molar-refractivity contribution is 5.88. The van der Waals surface area contributed by atoms with Crippen LogP contribution in [0.25, 0.3) is 5.65 Å². The van der Waals surface area contributed by atoms with Crippen molar-refractivity contribution in [3.05, 3.63) is 35.8 Å². The van der Waals surface area contributed by atoms with Crippen LogP contribution >= 0.6 is 0 Å². The van der Waals surface area contributed by atoms with E-state index in [1.165, 1.54) is 13.3 Å². The molecular weight excluding hydrogens is 296 g/mol. The summed E-state index contributed by atoms with van der Waals surface area (Å²) < 4.78 is 6.51. The first-order valence-electron chi connectivity index (χ1n) is 7.67. The Morgan fingerprint density at radius 3 is 3.04 bits per heavy atom. The number of ether oxygens (including phenoxy) is 1. The van der Waals surface area contributed by atoms with E-state index in [1.54, 1.807) is 10.6 Å². The number of fused-ring (bicyclic) bond motifs is 1. The topological polar surface area (TPSA) is 75.9 Å². The van der Waals surface area contributed by atoms with Gasteiger partial charge in [-0.25, -0.2) is 9.78 Å². The van der Waals surface area contributed by atoms with Crippen LogP contribution < -0.4 is 5.32 Å². The number of methoxy groups -OCH3 is 1. The van der Waals surface area contributed by atoms with Gasteiger partial charge in [-0.05, 0) is 18.9 Å². The number of esters is 1. The van der Waals surface area contributed by atoms with E-state index in [4.69, 9.17) is 4.74 Å². The van der Waals surface area contributed by atoms with E-state index in [1.807, 2.05) is 12.1 Å². The SMILES string of the molecule is COC(=O)c1cnc2c(CN3CC(=O)NC4(CC4)C3)cccn12. The van der Waals surface area contributed by atoms with Gasteiger partial charge in [-0.1, -0.05) is 6.07 Å². The summed E-state index contributed by atoms with van der Waals surface area (Å²) in [6.07, 6.45) is 5.42. The van der Waals surface area contributed by atoms with Crippen LogP contribution in [0.5, 0.6) is 0 Å². The van der Waals surface area contributed by atoms with Gasteiger partial charge >= 0.3 is 5.97 Å². The normalized spacial score (nSPS) is 19.8. The van der Waals surface area contributed by atoms with Crippen LogP contribution in [0.1, 0.15) is 28.9 Å². The Morgan fingerprint density at radius 1 is 1.48 bits per heavy atom. The molecule has 1 saturated heterocycles. The average Bonchev–Trinajstić information content (AvgIpc) is 3.11. The van der Waals surface area contributed by atoms with Crippen LogP contribution in [0.3, 0.4) is 0 Å². The minimum atomic E-state index is -0.413. The van der Waals surface area contributed by atoms with Crippen LogP contribution in [0.4, 0.5) is 0 Å². The Kier molecular flexibility index (Phi) is 3.12. The van der Waals surface area contributed by atoms with Gasteiger partial charge in [0.25, 0.3) is 0 Å². The summed E-state index contributed by atoms with van der Waals surface area (Å²) in [6, 6.07) is 3.86. The third-order valence-corrected chi connectivity index (χ3v) is 4.56. The van der Waals surface area contributed by atoms with Crippen molar-refractivity contribution in [1.29, 1.82) is 0 Å². The molecule has 2 aromatic rings. The van der Waals surface area contributed by atoms with Gasteiger partial charge in [0.05, 0.1) is 25.4 Å². The van der Waals surface area contributed by atoms with Crippen LogP contribution in [-0.4, -0.2) is 51.9 Å². The highest BCUT2D eigenvalue weighted by Gasteiger charge is 2.48. The van der Waals surface area contributed by atoms with Gasteiger partial charge in [0.1, 0.15) is 5.65 Å². The summed E-state index contributed by atoms with van der Waals surface area (Å²) in [5.41, 5.74) is 2.11. The molecule has 2 aromatic heterocycles. The first-order chi connectivity index (χ1) is 11.1. The summed E-state index contributed by atoms with van der Waals surface area (Å²) in [5, 5.41) is 3.08. The predicted molar refractivity (Wildman–Crippen MR) is 81.9 cm³/mol. The van der Waals surface area contributed by atoms with E-state index in [9.17, 15) is 9.59 Å². The number of amides is 1. The summed E-state index contributed by atoms with van der Waals surface area (Å²) in [4.78, 5) is 30.2. The fraction of sp³-hybridized carbons (Fsp3) is 0.438. The minimum absolute atomic E-state index is 0.00695. The van der Waals surface area contributed by atoms with Crippen molar-refractivity contribution < 1.29 is 14.3 Å². The Hall–Kier alpha value is -2.41. The lowest BCUT2D eigenvalue weighted by Crippen LogP contribution is -2.55. The maximum atomic E-state index is 11.9. The van der Waals surface area contributed by atoms with Gasteiger partial charge in [0.15, 0.2) is 5.69 Å². The van der Waals surface area contributed by atoms with Gasteiger partial charge in [-0.3, -0.25) is 14.1 Å². The number of hydrogen-bond acceptors (Lipinski definition) is 5. The minimum Gasteiger partial charge on any atom is -0.464 e. The fourth-order valence-corrected chi connectivity index (χ4v) is 3.30. The Bertz CT molecular complexity index is 794. The highest BCUT2D eigenvalue weighted by Crippen LogP contribution is 2.38. The molecule has 3 heterocycles. The molecule has 0 bridgehead atoms. The summed E-state index contributed by atoms with van der Waals surface area (Å²) in [7, 11) is 1.35. The van der Waals surface area contributed by atoms with Gasteiger partial charge in [-0.2, -0.15) is 0 Å². The Labute approximate surface area is 133 Å². The van der Waals surface area contributed by atoms with E-state index >= 15 is 0 Å². The number of carbonyl (C=O) groups is 2. The molecule has 0 unspecified atom stereocenters. The van der Waals surface area contributed by atoms with E-state index in [-0.39, 0.29) is 11.4 Å². The second kappa shape index (κ2) is 5.06. The zero-order valence-electron chi connectivity index (χ0n) is 12.9. The number of carbonyl (C=O) groups excluding carboxylic acids is 2. The molecule has 1 aliphatic heterocycles. The van der Waals surface area contributed by atoms with Crippen molar-refractivity contribution in [1.82, 2.24) is 19.6 Å². The van der Waals surface area contributed by atoms with Crippen LogP contribution in [0, 0.1) is 0 Å². The lowest BCUT2D eigenvalue weighted by molar-refractivity contribution is -0.126. The third kappa shape index (κ3) is 2.46. The molecule has 1 aliphatic carbocycles. The van der Waals surface area contributed by atoms with Gasteiger partial charge in [0.2, 0.25) is 5.91 Å². The first kappa shape index (κ1) is 14.2. The van der Waals surface area contributed by atoms with E-state index in [0.717, 1.165) is 30.6 Å². The molecule has 0 radical (unpaired) electrons. The van der Waals surface area contributed by atoms with Gasteiger partial charge in [0, 0.05) is 24.8 Å². The van der Waals surface area contributed by atoms with Crippen LogP contribution in [-0.2, 0) is 16.1 Å². The second-order valence-corrected chi connectivity index (χ2v) is 6.34. The molecule has 1 saturated carbocycles. The number of pyridine rings is 1. The van der Waals surface area contributed by atoms with Gasteiger partial charge in [-0.15, -0.1) is 0 Å². The maximum Gasteiger partial charge on any atom is 0.356 e. The monoisotopic (exact) mass is 314 g/mol. The fourth-order valence-electron chi connectivity index (χ4n) is 3.30. The first-order valence-corrected chi connectivity index (χ1v) is 7.67. The molecule has 0 aromatic carbocycles. The Morgan fingerprint density at radius 2 is 2.30 bits per heavy atom. The number of rotatable bonds is 3. The molecule has 120 valence electrons. The molecule has 0 atom stereocenters. The number of nitrogens with zero attached hydrogens (tertiary/aromatic N) is 3. The number of hydrogen-bond donors (Lipinski definition) is 1. The van der Waals surface area contributed by atoms with Crippen molar-refractivity contribution in [3.63, 3.8) is 0 Å². The quantitative estimate of drug-likeness (QED) is 0.839. The van der Waals surface area contributed by atoms with E-state index in [0.29, 0.717) is 18.8 Å². The zero-order chi connectivity index (χ0) is 16.0. The van der Waals surface area contributed by atoms with Crippen molar-refractivity contribution in [3.8, 4) is 0 Å². The van der Waals surface area contributed by atoms with Gasteiger partial charge < -0.3 is 10.1 Å². The van der Waals surface area contributed by atoms with E-state index < -0.39 is 5.97 Å². The molecule has 7 heteroatoms. The standard InChI is InChI=1S/C16H18N4O3/c1-23-15(22)12-7-17-14-11(3-2-6-20(12)14)8-19-9-13(21)18-16(10-19)4-5-16/h2-3,6-7H,4-5,8-10H2,1H3,(H,18,21). The highest BCUT2D eigenvalue weighted by atomic mass is 16.5. The summed E-state index contributed by atoms with van der Waals surface area (Å²) >= 11 is 0. The average molecular weight is 314 g/mol. The van der Waals surface area contributed by atoms with E-state index in [2.05, 4.69) is 15.2 Å². The smallest absolute Gasteiger partial charge is 0.356 e. The second-order valence-electron chi connectivity index (χ2n) is 6.34. The third-order valence-electron chi connectivity index (χ3n) is 4.56. The lowest BCUT2D eigenvalue weighted by Gasteiger charge is -2.33. The summed E-state index contributed by atoms with van der Waals surface area (Å²) in [5.74, 6) is -0.330. The maximum absolute atomic E-state index is 11.9. The largest absolute Gasteiger partial charge is 0.464 e. The van der Waals surface area contributed by atoms with Crippen molar-refractivity contribution in [2.24, 2.45) is 0 Å². The van der Waals surface area contributed by atoms with Crippen LogP contribution in [0.2, 0.25) is 0 Å². The molecule has 1 amide bonds. The molecule has 1 N–H and O–H groups in total. The number of aromatic nitrogens is 2. The van der Waals surface area contributed by atoms with Crippen molar-refractivity contribution in [2.75, 3.05) is 20.2 Å². The van der Waals surface area contributed by atoms with Crippen molar-refractivity contribution >= 4 is 17.5 Å². The summed E-state index contributed by atoms with van der Waals surface area (Å²) in [6.45, 7) is 1.90. The van der Waals surface area contributed by atoms with Crippen LogP contribution in [0.15, 0.2) is 24.5 Å². The molecular formula is C16H18N4O3. The number of imidazole rings is 1. The predicted octanol–water partition coefficient (Wildman–Crippen LogP) is 0.585. The number of piperazine rings is 1. The molecule has 1 spiro atoms. The molecule has 23 heavy (non-hydrogen) atoms.